The van der Waals surface area contributed by atoms with Crippen LogP contribution in [0.15, 0.2) is 42.5 Å². The van der Waals surface area contributed by atoms with Gasteiger partial charge in [0.25, 0.3) is 0 Å². The van der Waals surface area contributed by atoms with Crippen LogP contribution in [0.4, 0.5) is 0 Å². The predicted molar refractivity (Wildman–Crippen MR) is 50.9 cm³/mol. The molecule has 4 heteroatoms. The molecule has 0 aromatic heterocycles. The second kappa shape index (κ2) is 6.59. The number of fused-ring (bicyclic) bond motifs is 1. The van der Waals surface area contributed by atoms with E-state index in [1.807, 2.05) is 30.3 Å². The van der Waals surface area contributed by atoms with Gasteiger partial charge in [-0.05, 0) is 16.8 Å². The first-order valence-electron chi connectivity index (χ1n) is 4.00. The molecule has 0 spiro atoms. The SMILES string of the molecule is O=C(O)c1cccc2ccccc12.[Ce].[Ni]. The van der Waals surface area contributed by atoms with Gasteiger partial charge in [-0.2, -0.15) is 0 Å². The van der Waals surface area contributed by atoms with Crippen LogP contribution < -0.4 is 0 Å². The van der Waals surface area contributed by atoms with Gasteiger partial charge in [-0.1, -0.05) is 36.4 Å². The molecule has 2 rings (SSSR count). The van der Waals surface area contributed by atoms with Gasteiger partial charge in [0.15, 0.2) is 0 Å². The molecule has 0 atom stereocenters. The summed E-state index contributed by atoms with van der Waals surface area (Å²) in [5.74, 6) is -0.878. The second-order valence-electron chi connectivity index (χ2n) is 2.83. The van der Waals surface area contributed by atoms with Crippen LogP contribution in [0.25, 0.3) is 10.8 Å². The summed E-state index contributed by atoms with van der Waals surface area (Å²) >= 11 is 0. The van der Waals surface area contributed by atoms with Crippen LogP contribution in [0.2, 0.25) is 0 Å². The summed E-state index contributed by atoms with van der Waals surface area (Å²) in [4.78, 5) is 10.8. The van der Waals surface area contributed by atoms with Crippen molar-refractivity contribution in [3.63, 3.8) is 0 Å². The third-order valence-corrected chi connectivity index (χ3v) is 2.02. The molecule has 0 radical (unpaired) electrons. The summed E-state index contributed by atoms with van der Waals surface area (Å²) in [5.41, 5.74) is 0.359. The molecule has 2 aromatic carbocycles. The molecular formula is C11H8CeNiO2. The predicted octanol–water partition coefficient (Wildman–Crippen LogP) is 2.54. The summed E-state index contributed by atoms with van der Waals surface area (Å²) in [6.45, 7) is 0. The van der Waals surface area contributed by atoms with Crippen molar-refractivity contribution in [3.8, 4) is 0 Å². The van der Waals surface area contributed by atoms with E-state index in [9.17, 15) is 4.79 Å². The van der Waals surface area contributed by atoms with Gasteiger partial charge >= 0.3 is 5.97 Å². The maximum absolute atomic E-state index is 10.8. The summed E-state index contributed by atoms with van der Waals surface area (Å²) in [6, 6.07) is 12.7. The fourth-order valence-electron chi connectivity index (χ4n) is 1.41. The van der Waals surface area contributed by atoms with E-state index >= 15 is 0 Å². The van der Waals surface area contributed by atoms with Crippen molar-refractivity contribution in [2.45, 2.75) is 0 Å². The first-order valence-corrected chi connectivity index (χ1v) is 4.00. The van der Waals surface area contributed by atoms with Crippen molar-refractivity contribution >= 4 is 16.7 Å². The van der Waals surface area contributed by atoms with Crippen LogP contribution in [-0.2, 0) is 16.5 Å². The zero-order valence-corrected chi connectivity index (χ0v) is 11.8. The van der Waals surface area contributed by atoms with Gasteiger partial charge < -0.3 is 5.11 Å². The van der Waals surface area contributed by atoms with Crippen LogP contribution in [0.1, 0.15) is 10.4 Å². The van der Waals surface area contributed by atoms with Gasteiger partial charge in [0.1, 0.15) is 0 Å². The number of carboxylic acids is 1. The molecule has 0 fully saturated rings. The van der Waals surface area contributed by atoms with E-state index in [0.29, 0.717) is 5.56 Å². The number of hydrogen-bond donors (Lipinski definition) is 1. The van der Waals surface area contributed by atoms with Crippen molar-refractivity contribution < 1.29 is 68.1 Å². The van der Waals surface area contributed by atoms with E-state index in [0.717, 1.165) is 10.8 Å². The molecule has 78 valence electrons. The minimum Gasteiger partial charge on any atom is -0.478 e. The molecule has 0 amide bonds. The molecule has 0 aliphatic heterocycles. The average molecular weight is 371 g/mol. The van der Waals surface area contributed by atoms with Crippen LogP contribution in [0, 0.1) is 41.7 Å². The van der Waals surface area contributed by atoms with E-state index in [2.05, 4.69) is 0 Å². The zero-order chi connectivity index (χ0) is 9.26. The summed E-state index contributed by atoms with van der Waals surface area (Å²) < 4.78 is 0. The molecule has 2 nitrogen and oxygen atoms in total. The normalized spacial score (nSPS) is 8.80. The third kappa shape index (κ3) is 3.25. The Labute approximate surface area is 131 Å². The minimum atomic E-state index is -0.878. The minimum absolute atomic E-state index is 0. The maximum Gasteiger partial charge on any atom is 0.336 e. The van der Waals surface area contributed by atoms with Gasteiger partial charge in [-0.3, -0.25) is 0 Å². The number of rotatable bonds is 1. The molecule has 0 aliphatic rings. The molecule has 0 saturated carbocycles. The Morgan fingerprint density at radius 1 is 1.00 bits per heavy atom. The Balaban J connectivity index is 0.000000980. The number of carbonyl (C=O) groups is 1. The van der Waals surface area contributed by atoms with E-state index in [1.165, 1.54) is 0 Å². The van der Waals surface area contributed by atoms with Crippen LogP contribution in [0.5, 0.6) is 0 Å². The Morgan fingerprint density at radius 2 is 1.60 bits per heavy atom. The van der Waals surface area contributed by atoms with Gasteiger partial charge in [0.2, 0.25) is 0 Å². The molecule has 0 heterocycles. The van der Waals surface area contributed by atoms with Gasteiger partial charge in [-0.15, -0.1) is 0 Å². The Morgan fingerprint density at radius 3 is 2.27 bits per heavy atom. The molecular weight excluding hydrogens is 363 g/mol. The van der Waals surface area contributed by atoms with Gasteiger partial charge in [0, 0.05) is 58.2 Å². The fraction of sp³-hybridized carbons (Fsp3) is 0. The number of hydrogen-bond acceptors (Lipinski definition) is 1. The smallest absolute Gasteiger partial charge is 0.336 e. The Bertz CT molecular complexity index is 466. The Kier molecular flexibility index (Phi) is 6.60. The number of benzene rings is 2. The first-order chi connectivity index (χ1) is 6.29. The summed E-state index contributed by atoms with van der Waals surface area (Å²) in [6.07, 6.45) is 0. The molecule has 0 aliphatic carbocycles. The largest absolute Gasteiger partial charge is 0.478 e. The first kappa shape index (κ1) is 15.0. The van der Waals surface area contributed by atoms with Crippen LogP contribution in [-0.4, -0.2) is 11.1 Å². The van der Waals surface area contributed by atoms with Crippen molar-refractivity contribution in [2.24, 2.45) is 0 Å². The fourth-order valence-corrected chi connectivity index (χ4v) is 1.41. The summed E-state index contributed by atoms with van der Waals surface area (Å²) in [5, 5.41) is 10.6. The van der Waals surface area contributed by atoms with Crippen molar-refractivity contribution in [3.05, 3.63) is 48.0 Å². The average Bonchev–Trinajstić information content (AvgIpc) is 2.17. The topological polar surface area (TPSA) is 37.3 Å². The van der Waals surface area contributed by atoms with E-state index in [1.54, 1.807) is 12.1 Å². The molecule has 0 unspecified atom stereocenters. The third-order valence-electron chi connectivity index (χ3n) is 2.02. The number of aromatic carboxylic acids is 1. The molecule has 2 aromatic rings. The molecule has 1 N–H and O–H groups in total. The monoisotopic (exact) mass is 370 g/mol. The van der Waals surface area contributed by atoms with Crippen LogP contribution in [0.3, 0.4) is 0 Å². The Hall–Kier alpha value is 0.0401. The van der Waals surface area contributed by atoms with E-state index < -0.39 is 5.97 Å². The molecule has 0 saturated heterocycles. The van der Waals surface area contributed by atoms with Crippen LogP contribution >= 0.6 is 0 Å². The van der Waals surface area contributed by atoms with Gasteiger partial charge in [-0.25, -0.2) is 4.79 Å². The molecule has 15 heavy (non-hydrogen) atoms. The summed E-state index contributed by atoms with van der Waals surface area (Å²) in [7, 11) is 0. The number of carboxylic acid groups (broad SMARTS) is 1. The molecule has 0 bridgehead atoms. The van der Waals surface area contributed by atoms with Crippen molar-refractivity contribution in [2.75, 3.05) is 0 Å². The van der Waals surface area contributed by atoms with E-state index in [4.69, 9.17) is 5.11 Å². The zero-order valence-electron chi connectivity index (χ0n) is 7.71. The van der Waals surface area contributed by atoms with Gasteiger partial charge in [0.05, 0.1) is 5.56 Å². The maximum atomic E-state index is 10.8. The quantitative estimate of drug-likeness (QED) is 0.783. The van der Waals surface area contributed by atoms with Crippen molar-refractivity contribution in [1.29, 1.82) is 0 Å². The second-order valence-corrected chi connectivity index (χ2v) is 2.83. The standard InChI is InChI=1S/C11H8O2.Ce.Ni/c12-11(13)10-7-3-5-8-4-1-2-6-9(8)10;;/h1-7H,(H,12,13);;. The van der Waals surface area contributed by atoms with E-state index in [-0.39, 0.29) is 58.2 Å². The van der Waals surface area contributed by atoms with Crippen molar-refractivity contribution in [1.82, 2.24) is 0 Å².